The molecule has 3 aromatic rings. The monoisotopic (exact) mass is 367 g/mol. The number of aromatic nitrogens is 1. The van der Waals surface area contributed by atoms with E-state index >= 15 is 0 Å². The molecule has 0 fully saturated rings. The first-order chi connectivity index (χ1) is 13.0. The number of nitrogens with one attached hydrogen (secondary N) is 2. The van der Waals surface area contributed by atoms with Gasteiger partial charge in [-0.1, -0.05) is 35.5 Å². The van der Waals surface area contributed by atoms with Gasteiger partial charge in [-0.3, -0.25) is 25.2 Å². The smallest absolute Gasteiger partial charge is 0.312 e. The van der Waals surface area contributed by atoms with Crippen molar-refractivity contribution in [3.63, 3.8) is 0 Å². The highest BCUT2D eigenvalue weighted by atomic mass is 16.5. The molecular weight excluding hydrogens is 350 g/mol. The summed E-state index contributed by atoms with van der Waals surface area (Å²) < 4.78 is 10.2. The third-order valence-electron chi connectivity index (χ3n) is 3.78. The maximum atomic E-state index is 12.1. The number of carbonyl (C=O) groups excluding carboxylic acids is 3. The number of esters is 1. The van der Waals surface area contributed by atoms with E-state index in [4.69, 9.17) is 9.26 Å². The molecule has 2 amide bonds. The van der Waals surface area contributed by atoms with Gasteiger partial charge in [0.15, 0.2) is 11.7 Å². The van der Waals surface area contributed by atoms with E-state index in [-0.39, 0.29) is 6.42 Å². The number of hydrazine groups is 1. The van der Waals surface area contributed by atoms with Gasteiger partial charge in [0.05, 0.1) is 6.42 Å². The normalized spacial score (nSPS) is 11.6. The Morgan fingerprint density at radius 2 is 1.74 bits per heavy atom. The van der Waals surface area contributed by atoms with E-state index < -0.39 is 23.9 Å². The van der Waals surface area contributed by atoms with Crippen molar-refractivity contribution in [1.82, 2.24) is 16.0 Å². The summed E-state index contributed by atoms with van der Waals surface area (Å²) in [7, 11) is 0. The van der Waals surface area contributed by atoms with E-state index in [1.807, 2.05) is 0 Å². The molecule has 1 aromatic heterocycles. The van der Waals surface area contributed by atoms with Crippen molar-refractivity contribution in [1.29, 1.82) is 0 Å². The summed E-state index contributed by atoms with van der Waals surface area (Å²) in [6.45, 7) is 1.41. The van der Waals surface area contributed by atoms with Crippen LogP contribution in [0.5, 0.6) is 0 Å². The lowest BCUT2D eigenvalue weighted by molar-refractivity contribution is -0.154. The van der Waals surface area contributed by atoms with Crippen LogP contribution in [0.25, 0.3) is 11.0 Å². The minimum absolute atomic E-state index is 0.134. The number of rotatable bonds is 5. The highest BCUT2D eigenvalue weighted by Gasteiger charge is 2.20. The molecule has 0 saturated heterocycles. The van der Waals surface area contributed by atoms with E-state index in [2.05, 4.69) is 16.0 Å². The van der Waals surface area contributed by atoms with Crippen LogP contribution in [-0.4, -0.2) is 29.0 Å². The van der Waals surface area contributed by atoms with Crippen LogP contribution in [0.15, 0.2) is 59.1 Å². The number of benzene rings is 2. The Labute approximate surface area is 154 Å². The van der Waals surface area contributed by atoms with E-state index in [1.165, 1.54) is 6.92 Å². The predicted octanol–water partition coefficient (Wildman–Crippen LogP) is 1.76. The molecule has 8 heteroatoms. The Bertz CT molecular complexity index is 968. The number of nitrogens with zero attached hydrogens (tertiary/aromatic N) is 1. The van der Waals surface area contributed by atoms with Gasteiger partial charge in [-0.25, -0.2) is 0 Å². The van der Waals surface area contributed by atoms with Crippen LogP contribution >= 0.6 is 0 Å². The lowest BCUT2D eigenvalue weighted by Crippen LogP contribution is -2.46. The molecule has 8 nitrogen and oxygen atoms in total. The summed E-state index contributed by atoms with van der Waals surface area (Å²) >= 11 is 0. The third kappa shape index (κ3) is 4.49. The highest BCUT2D eigenvalue weighted by Crippen LogP contribution is 2.18. The van der Waals surface area contributed by atoms with Crippen LogP contribution in [0.3, 0.4) is 0 Å². The van der Waals surface area contributed by atoms with Gasteiger partial charge in [0.1, 0.15) is 5.69 Å². The Morgan fingerprint density at radius 3 is 2.52 bits per heavy atom. The van der Waals surface area contributed by atoms with Crippen molar-refractivity contribution in [3.05, 3.63) is 65.9 Å². The standard InChI is InChI=1S/C19H17N3O5/c1-12(18(24)20-21-19(25)13-7-3-2-4-8-13)26-17(23)11-15-14-9-5-6-10-16(14)27-22-15/h2-10,12H,11H2,1H3,(H,20,24)(H,21,25)/t12-/m0/s1. The zero-order valence-electron chi connectivity index (χ0n) is 14.5. The second-order valence-electron chi connectivity index (χ2n) is 5.74. The van der Waals surface area contributed by atoms with Gasteiger partial charge in [-0.2, -0.15) is 0 Å². The molecule has 27 heavy (non-hydrogen) atoms. The van der Waals surface area contributed by atoms with E-state index in [0.29, 0.717) is 22.2 Å². The molecule has 0 saturated carbocycles. The van der Waals surface area contributed by atoms with Gasteiger partial charge >= 0.3 is 5.97 Å². The number of hydrogen-bond donors (Lipinski definition) is 2. The molecular formula is C19H17N3O5. The van der Waals surface area contributed by atoms with Crippen LogP contribution in [-0.2, 0) is 20.7 Å². The Hall–Kier alpha value is -3.68. The molecule has 0 radical (unpaired) electrons. The van der Waals surface area contributed by atoms with Crippen molar-refractivity contribution in [2.75, 3.05) is 0 Å². The molecule has 2 N–H and O–H groups in total. The van der Waals surface area contributed by atoms with Crippen molar-refractivity contribution in [2.45, 2.75) is 19.4 Å². The van der Waals surface area contributed by atoms with Gasteiger partial charge in [0.25, 0.3) is 11.8 Å². The van der Waals surface area contributed by atoms with Gasteiger partial charge < -0.3 is 9.26 Å². The fourth-order valence-corrected chi connectivity index (χ4v) is 2.38. The zero-order chi connectivity index (χ0) is 19.2. The number of para-hydroxylation sites is 1. The second kappa shape index (κ2) is 8.13. The average molecular weight is 367 g/mol. The quantitative estimate of drug-likeness (QED) is 0.525. The molecule has 0 aliphatic carbocycles. The van der Waals surface area contributed by atoms with Crippen molar-refractivity contribution < 1.29 is 23.6 Å². The minimum Gasteiger partial charge on any atom is -0.452 e. The maximum absolute atomic E-state index is 12.1. The fraction of sp³-hybridized carbons (Fsp3) is 0.158. The average Bonchev–Trinajstić information content (AvgIpc) is 3.09. The maximum Gasteiger partial charge on any atom is 0.312 e. The molecule has 0 unspecified atom stereocenters. The number of amides is 2. The van der Waals surface area contributed by atoms with Crippen LogP contribution in [0, 0.1) is 0 Å². The third-order valence-corrected chi connectivity index (χ3v) is 3.78. The van der Waals surface area contributed by atoms with Gasteiger partial charge in [0, 0.05) is 10.9 Å². The van der Waals surface area contributed by atoms with Gasteiger partial charge in [-0.05, 0) is 31.2 Å². The Kier molecular flexibility index (Phi) is 5.46. The van der Waals surface area contributed by atoms with Crippen molar-refractivity contribution in [3.8, 4) is 0 Å². The van der Waals surface area contributed by atoms with Gasteiger partial charge in [0.2, 0.25) is 0 Å². The first kappa shape index (κ1) is 18.1. The van der Waals surface area contributed by atoms with Crippen LogP contribution in [0.4, 0.5) is 0 Å². The number of carbonyl (C=O) groups is 3. The minimum atomic E-state index is -1.09. The summed E-state index contributed by atoms with van der Waals surface area (Å²) in [6.07, 6.45) is -1.22. The largest absolute Gasteiger partial charge is 0.452 e. The summed E-state index contributed by atoms with van der Waals surface area (Å²) in [4.78, 5) is 35.9. The molecule has 1 heterocycles. The lowest BCUT2D eigenvalue weighted by atomic mass is 10.2. The Morgan fingerprint density at radius 1 is 1.04 bits per heavy atom. The van der Waals surface area contributed by atoms with Crippen LogP contribution in [0.1, 0.15) is 23.0 Å². The number of hydrogen-bond acceptors (Lipinski definition) is 6. The zero-order valence-corrected chi connectivity index (χ0v) is 14.5. The lowest BCUT2D eigenvalue weighted by Gasteiger charge is -2.13. The highest BCUT2D eigenvalue weighted by molar-refractivity contribution is 5.96. The molecule has 138 valence electrons. The van der Waals surface area contributed by atoms with Crippen molar-refractivity contribution >= 4 is 28.8 Å². The molecule has 3 rings (SSSR count). The molecule has 0 spiro atoms. The SMILES string of the molecule is C[C@H](OC(=O)Cc1noc2ccccc12)C(=O)NNC(=O)c1ccccc1. The summed E-state index contributed by atoms with van der Waals surface area (Å²) in [5.74, 6) is -1.76. The predicted molar refractivity (Wildman–Crippen MR) is 95.3 cm³/mol. The van der Waals surface area contributed by atoms with Crippen molar-refractivity contribution in [2.24, 2.45) is 0 Å². The summed E-state index contributed by atoms with van der Waals surface area (Å²) in [5, 5.41) is 4.56. The number of fused-ring (bicyclic) bond motifs is 1. The van der Waals surface area contributed by atoms with Crippen LogP contribution in [0.2, 0.25) is 0 Å². The second-order valence-corrected chi connectivity index (χ2v) is 5.74. The van der Waals surface area contributed by atoms with E-state index in [9.17, 15) is 14.4 Å². The molecule has 0 aliphatic heterocycles. The van der Waals surface area contributed by atoms with Crippen LogP contribution < -0.4 is 10.9 Å². The molecule has 1 atom stereocenters. The first-order valence-corrected chi connectivity index (χ1v) is 8.22. The Balaban J connectivity index is 1.50. The topological polar surface area (TPSA) is 111 Å². The molecule has 0 bridgehead atoms. The fourth-order valence-electron chi connectivity index (χ4n) is 2.38. The number of ether oxygens (including phenoxy) is 1. The molecule has 0 aliphatic rings. The first-order valence-electron chi connectivity index (χ1n) is 8.22. The van der Waals surface area contributed by atoms with E-state index in [1.54, 1.807) is 54.6 Å². The van der Waals surface area contributed by atoms with Gasteiger partial charge in [-0.15, -0.1) is 0 Å². The summed E-state index contributed by atoms with van der Waals surface area (Å²) in [6, 6.07) is 15.5. The summed E-state index contributed by atoms with van der Waals surface area (Å²) in [5.41, 5.74) is 5.88. The molecule has 2 aromatic carbocycles. The van der Waals surface area contributed by atoms with E-state index in [0.717, 1.165) is 0 Å².